The zero-order valence-electron chi connectivity index (χ0n) is 11.3. The second-order valence-corrected chi connectivity index (χ2v) is 4.35. The Balaban J connectivity index is 2.00. The standard InChI is InChI=1S/C15H12F2N2O3/c16-10-3-6-12(17)14(7-10)22-8-13(20)9-1-4-11(5-2-9)19-15(18)21/h1-7H,8H2,(H3,18,19,21). The van der Waals surface area contributed by atoms with Crippen LogP contribution in [0.5, 0.6) is 5.75 Å². The van der Waals surface area contributed by atoms with Crippen molar-refractivity contribution in [1.29, 1.82) is 0 Å². The van der Waals surface area contributed by atoms with Crippen LogP contribution < -0.4 is 15.8 Å². The van der Waals surface area contributed by atoms with Crippen molar-refractivity contribution in [3.63, 3.8) is 0 Å². The van der Waals surface area contributed by atoms with E-state index < -0.39 is 30.1 Å². The first-order chi connectivity index (χ1) is 10.5. The smallest absolute Gasteiger partial charge is 0.316 e. The van der Waals surface area contributed by atoms with Crippen LogP contribution in [-0.4, -0.2) is 18.4 Å². The molecule has 2 aromatic carbocycles. The molecule has 2 amide bonds. The molecule has 0 radical (unpaired) electrons. The fourth-order valence-corrected chi connectivity index (χ4v) is 1.70. The van der Waals surface area contributed by atoms with Gasteiger partial charge in [-0.25, -0.2) is 13.6 Å². The summed E-state index contributed by atoms with van der Waals surface area (Å²) in [6.45, 7) is -0.441. The van der Waals surface area contributed by atoms with Crippen molar-refractivity contribution in [3.05, 3.63) is 59.7 Å². The van der Waals surface area contributed by atoms with E-state index in [0.29, 0.717) is 11.3 Å². The van der Waals surface area contributed by atoms with Crippen LogP contribution in [0.1, 0.15) is 10.4 Å². The quantitative estimate of drug-likeness (QED) is 0.833. The predicted octanol–water partition coefficient (Wildman–Crippen LogP) is 2.72. The maximum atomic E-state index is 13.3. The molecule has 5 nitrogen and oxygen atoms in total. The number of hydrogen-bond donors (Lipinski definition) is 2. The molecule has 3 N–H and O–H groups in total. The lowest BCUT2D eigenvalue weighted by Gasteiger charge is -2.07. The molecule has 7 heteroatoms. The van der Waals surface area contributed by atoms with Crippen LogP contribution in [0, 0.1) is 11.6 Å². The van der Waals surface area contributed by atoms with E-state index in [-0.39, 0.29) is 5.75 Å². The van der Waals surface area contributed by atoms with Crippen LogP contribution in [-0.2, 0) is 0 Å². The average molecular weight is 306 g/mol. The first kappa shape index (κ1) is 15.4. The fourth-order valence-electron chi connectivity index (χ4n) is 1.70. The van der Waals surface area contributed by atoms with E-state index in [9.17, 15) is 18.4 Å². The topological polar surface area (TPSA) is 81.4 Å². The SMILES string of the molecule is NC(=O)Nc1ccc(C(=O)COc2cc(F)ccc2F)cc1. The lowest BCUT2D eigenvalue weighted by Crippen LogP contribution is -2.19. The second-order valence-electron chi connectivity index (χ2n) is 4.35. The number of hydrogen-bond acceptors (Lipinski definition) is 3. The van der Waals surface area contributed by atoms with E-state index >= 15 is 0 Å². The predicted molar refractivity (Wildman–Crippen MR) is 75.8 cm³/mol. The van der Waals surface area contributed by atoms with Gasteiger partial charge in [0.2, 0.25) is 0 Å². The Morgan fingerprint density at radius 1 is 1.09 bits per heavy atom. The number of Topliss-reactive ketones (excluding diaryl/α,β-unsaturated/α-hetero) is 1. The van der Waals surface area contributed by atoms with Crippen LogP contribution in [0.2, 0.25) is 0 Å². The van der Waals surface area contributed by atoms with Gasteiger partial charge in [-0.05, 0) is 36.4 Å². The molecule has 0 bridgehead atoms. The number of halogens is 2. The van der Waals surface area contributed by atoms with Gasteiger partial charge in [0.15, 0.2) is 24.0 Å². The monoisotopic (exact) mass is 306 g/mol. The first-order valence-electron chi connectivity index (χ1n) is 6.23. The summed E-state index contributed by atoms with van der Waals surface area (Å²) < 4.78 is 31.3. The van der Waals surface area contributed by atoms with Crippen LogP contribution in [0.3, 0.4) is 0 Å². The number of rotatable bonds is 5. The van der Waals surface area contributed by atoms with Crippen LogP contribution >= 0.6 is 0 Å². The van der Waals surface area contributed by atoms with Gasteiger partial charge >= 0.3 is 6.03 Å². The second kappa shape index (κ2) is 6.66. The van der Waals surface area contributed by atoms with Crippen molar-refractivity contribution in [2.24, 2.45) is 5.73 Å². The number of urea groups is 1. The normalized spacial score (nSPS) is 10.1. The Morgan fingerprint density at radius 3 is 2.41 bits per heavy atom. The van der Waals surface area contributed by atoms with Crippen molar-refractivity contribution in [2.45, 2.75) is 0 Å². The van der Waals surface area contributed by atoms with Gasteiger partial charge in [-0.1, -0.05) is 0 Å². The van der Waals surface area contributed by atoms with Crippen molar-refractivity contribution in [3.8, 4) is 5.75 Å². The van der Waals surface area contributed by atoms with Gasteiger partial charge in [-0.15, -0.1) is 0 Å². The van der Waals surface area contributed by atoms with Gasteiger partial charge in [0.25, 0.3) is 0 Å². The number of benzene rings is 2. The molecular formula is C15H12F2N2O3. The van der Waals surface area contributed by atoms with E-state index in [1.165, 1.54) is 24.3 Å². The maximum absolute atomic E-state index is 13.3. The van der Waals surface area contributed by atoms with Gasteiger partial charge < -0.3 is 15.8 Å². The third-order valence-electron chi connectivity index (χ3n) is 2.73. The summed E-state index contributed by atoms with van der Waals surface area (Å²) >= 11 is 0. The average Bonchev–Trinajstić information content (AvgIpc) is 2.48. The summed E-state index contributed by atoms with van der Waals surface area (Å²) in [6.07, 6.45) is 0. The third kappa shape index (κ3) is 4.02. The number of anilines is 1. The highest BCUT2D eigenvalue weighted by Crippen LogP contribution is 2.18. The summed E-state index contributed by atoms with van der Waals surface area (Å²) in [7, 11) is 0. The van der Waals surface area contributed by atoms with Crippen LogP contribution in [0.15, 0.2) is 42.5 Å². The summed E-state index contributed by atoms with van der Waals surface area (Å²) in [6, 6.07) is 7.90. The summed E-state index contributed by atoms with van der Waals surface area (Å²) in [5.74, 6) is -2.17. The van der Waals surface area contributed by atoms with Crippen LogP contribution in [0.4, 0.5) is 19.3 Å². The lowest BCUT2D eigenvalue weighted by atomic mass is 10.1. The Kier molecular flexibility index (Phi) is 4.67. The van der Waals surface area contributed by atoms with Gasteiger partial charge in [-0.3, -0.25) is 4.79 Å². The molecule has 0 unspecified atom stereocenters. The first-order valence-corrected chi connectivity index (χ1v) is 6.23. The van der Waals surface area contributed by atoms with E-state index in [0.717, 1.165) is 18.2 Å². The molecule has 0 atom stereocenters. The molecular weight excluding hydrogens is 294 g/mol. The fraction of sp³-hybridized carbons (Fsp3) is 0.0667. The zero-order valence-corrected chi connectivity index (χ0v) is 11.3. The number of nitrogens with two attached hydrogens (primary N) is 1. The Morgan fingerprint density at radius 2 is 1.77 bits per heavy atom. The zero-order chi connectivity index (χ0) is 16.1. The highest BCUT2D eigenvalue weighted by atomic mass is 19.1. The molecule has 0 saturated carbocycles. The molecule has 0 spiro atoms. The Bertz CT molecular complexity index is 702. The molecule has 2 aromatic rings. The highest BCUT2D eigenvalue weighted by Gasteiger charge is 2.10. The van der Waals surface area contributed by atoms with Gasteiger partial charge in [0, 0.05) is 17.3 Å². The number of carbonyl (C=O) groups is 2. The van der Waals surface area contributed by atoms with Crippen molar-refractivity contribution < 1.29 is 23.1 Å². The van der Waals surface area contributed by atoms with Gasteiger partial charge in [-0.2, -0.15) is 0 Å². The minimum absolute atomic E-state index is 0.298. The molecule has 2 rings (SSSR count). The molecule has 0 aliphatic rings. The van der Waals surface area contributed by atoms with Crippen molar-refractivity contribution >= 4 is 17.5 Å². The number of ketones is 1. The Labute approximate surface area is 124 Å². The van der Waals surface area contributed by atoms with E-state index in [1.807, 2.05) is 0 Å². The molecule has 0 heterocycles. The maximum Gasteiger partial charge on any atom is 0.316 e. The molecule has 0 aromatic heterocycles. The Hall–Kier alpha value is -2.96. The van der Waals surface area contributed by atoms with E-state index in [4.69, 9.17) is 10.5 Å². The van der Waals surface area contributed by atoms with Gasteiger partial charge in [0.1, 0.15) is 5.82 Å². The van der Waals surface area contributed by atoms with Gasteiger partial charge in [0.05, 0.1) is 0 Å². The van der Waals surface area contributed by atoms with E-state index in [2.05, 4.69) is 5.32 Å². The van der Waals surface area contributed by atoms with Crippen LogP contribution in [0.25, 0.3) is 0 Å². The third-order valence-corrected chi connectivity index (χ3v) is 2.73. The number of primary amides is 1. The molecule has 114 valence electrons. The summed E-state index contributed by atoms with van der Waals surface area (Å²) in [4.78, 5) is 22.6. The van der Waals surface area contributed by atoms with Crippen molar-refractivity contribution in [1.82, 2.24) is 0 Å². The number of amides is 2. The molecule has 0 saturated heterocycles. The minimum atomic E-state index is -0.754. The molecule has 22 heavy (non-hydrogen) atoms. The number of nitrogens with one attached hydrogen (secondary N) is 1. The number of ether oxygens (including phenoxy) is 1. The van der Waals surface area contributed by atoms with Crippen molar-refractivity contribution in [2.75, 3.05) is 11.9 Å². The highest BCUT2D eigenvalue weighted by molar-refractivity contribution is 5.98. The summed E-state index contributed by atoms with van der Waals surface area (Å²) in [5, 5.41) is 2.35. The molecule has 0 fully saturated rings. The largest absolute Gasteiger partial charge is 0.482 e. The molecule has 0 aliphatic heterocycles. The summed E-state index contributed by atoms with van der Waals surface area (Å²) in [5.41, 5.74) is 5.69. The molecule has 0 aliphatic carbocycles. The van der Waals surface area contributed by atoms with E-state index in [1.54, 1.807) is 0 Å². The lowest BCUT2D eigenvalue weighted by molar-refractivity contribution is 0.0918. The number of carbonyl (C=O) groups excluding carboxylic acids is 2. The minimum Gasteiger partial charge on any atom is -0.482 e.